The van der Waals surface area contributed by atoms with Crippen molar-refractivity contribution in [1.82, 2.24) is 9.36 Å². The molecular formula is C11H11ClN4OS2. The summed E-state index contributed by atoms with van der Waals surface area (Å²) in [7, 11) is 0. The Hall–Kier alpha value is -1.31. The first-order valence-electron chi connectivity index (χ1n) is 5.35. The van der Waals surface area contributed by atoms with Gasteiger partial charge in [0.15, 0.2) is 4.34 Å². The third-order valence-corrected chi connectivity index (χ3v) is 4.34. The fourth-order valence-electron chi connectivity index (χ4n) is 1.29. The van der Waals surface area contributed by atoms with E-state index in [1.54, 1.807) is 25.1 Å². The molecule has 0 aliphatic rings. The molecule has 1 heterocycles. The molecule has 1 aromatic carbocycles. The average Bonchev–Trinajstić information content (AvgIpc) is 2.86. The molecule has 0 saturated heterocycles. The Morgan fingerprint density at radius 2 is 2.37 bits per heavy atom. The molecule has 0 aliphatic carbocycles. The topological polar surface area (TPSA) is 80.9 Å². The lowest BCUT2D eigenvalue weighted by atomic mass is 10.2. The van der Waals surface area contributed by atoms with Crippen LogP contribution in [0.4, 0.5) is 11.4 Å². The number of carbonyl (C=O) groups excluding carboxylic acids is 1. The van der Waals surface area contributed by atoms with Gasteiger partial charge in [0.25, 0.3) is 0 Å². The van der Waals surface area contributed by atoms with Crippen molar-refractivity contribution < 1.29 is 4.79 Å². The van der Waals surface area contributed by atoms with E-state index in [1.807, 2.05) is 0 Å². The molecule has 0 aliphatic heterocycles. The number of nitrogens with zero attached hydrogens (tertiary/aromatic N) is 2. The molecule has 100 valence electrons. The van der Waals surface area contributed by atoms with Crippen molar-refractivity contribution >= 4 is 52.2 Å². The molecule has 0 saturated carbocycles. The fraction of sp³-hybridized carbons (Fsp3) is 0.182. The smallest absolute Gasteiger partial charge is 0.237 e. The van der Waals surface area contributed by atoms with Gasteiger partial charge in [-0.1, -0.05) is 23.4 Å². The number of anilines is 2. The maximum atomic E-state index is 12.0. The van der Waals surface area contributed by atoms with E-state index in [4.69, 9.17) is 17.3 Å². The molecule has 19 heavy (non-hydrogen) atoms. The number of hydrogen-bond donors (Lipinski definition) is 2. The molecule has 2 aromatic rings. The predicted octanol–water partition coefficient (Wildman–Crippen LogP) is 2.89. The van der Waals surface area contributed by atoms with E-state index in [-0.39, 0.29) is 11.2 Å². The molecule has 0 spiro atoms. The Balaban J connectivity index is 2.02. The largest absolute Gasteiger partial charge is 0.397 e. The van der Waals surface area contributed by atoms with Crippen LogP contribution in [0.25, 0.3) is 0 Å². The maximum absolute atomic E-state index is 12.0. The van der Waals surface area contributed by atoms with Gasteiger partial charge in [0.1, 0.15) is 6.33 Å². The number of halogens is 1. The number of nitrogens with two attached hydrogens (primary N) is 1. The normalized spacial score (nSPS) is 12.1. The van der Waals surface area contributed by atoms with Crippen LogP contribution in [0.15, 0.2) is 28.9 Å². The number of amides is 1. The van der Waals surface area contributed by atoms with E-state index in [0.29, 0.717) is 16.4 Å². The van der Waals surface area contributed by atoms with Crippen LogP contribution in [0.1, 0.15) is 6.92 Å². The number of nitrogens with one attached hydrogen (secondary N) is 1. The SMILES string of the molecule is CC(Sc1ncns1)C(=O)Nc1cc(Cl)ccc1N. The van der Waals surface area contributed by atoms with Crippen molar-refractivity contribution in [2.45, 2.75) is 16.5 Å². The second-order valence-corrected chi connectivity index (χ2v) is 6.49. The zero-order valence-corrected chi connectivity index (χ0v) is 12.4. The van der Waals surface area contributed by atoms with E-state index in [1.165, 1.54) is 29.6 Å². The van der Waals surface area contributed by atoms with Gasteiger partial charge in [0.05, 0.1) is 16.6 Å². The highest BCUT2D eigenvalue weighted by atomic mass is 35.5. The quantitative estimate of drug-likeness (QED) is 0.670. The van der Waals surface area contributed by atoms with Crippen LogP contribution in [0, 0.1) is 0 Å². The molecule has 1 aromatic heterocycles. The Morgan fingerprint density at radius 3 is 3.05 bits per heavy atom. The Bertz CT molecular complexity index is 576. The highest BCUT2D eigenvalue weighted by Crippen LogP contribution is 2.27. The van der Waals surface area contributed by atoms with Crippen LogP contribution < -0.4 is 11.1 Å². The number of thioether (sulfide) groups is 1. The van der Waals surface area contributed by atoms with Gasteiger partial charge in [0.2, 0.25) is 5.91 Å². The minimum atomic E-state index is -0.300. The molecular weight excluding hydrogens is 304 g/mol. The van der Waals surface area contributed by atoms with Crippen LogP contribution in [0.3, 0.4) is 0 Å². The number of nitrogen functional groups attached to an aromatic ring is 1. The first kappa shape index (κ1) is 14.1. The van der Waals surface area contributed by atoms with Crippen molar-refractivity contribution in [3.63, 3.8) is 0 Å². The minimum Gasteiger partial charge on any atom is -0.397 e. The number of carbonyl (C=O) groups is 1. The molecule has 3 N–H and O–H groups in total. The van der Waals surface area contributed by atoms with Gasteiger partial charge < -0.3 is 11.1 Å². The van der Waals surface area contributed by atoms with Gasteiger partial charge in [-0.05, 0) is 36.7 Å². The number of hydrogen-bond acceptors (Lipinski definition) is 6. The van der Waals surface area contributed by atoms with Gasteiger partial charge >= 0.3 is 0 Å². The summed E-state index contributed by atoms with van der Waals surface area (Å²) in [6.07, 6.45) is 1.46. The number of rotatable bonds is 4. The molecule has 0 radical (unpaired) electrons. The lowest BCUT2D eigenvalue weighted by Crippen LogP contribution is -2.22. The van der Waals surface area contributed by atoms with Gasteiger partial charge in [-0.2, -0.15) is 4.37 Å². The van der Waals surface area contributed by atoms with Gasteiger partial charge in [-0.15, -0.1) is 0 Å². The molecule has 8 heteroatoms. The lowest BCUT2D eigenvalue weighted by molar-refractivity contribution is -0.115. The highest BCUT2D eigenvalue weighted by Gasteiger charge is 2.17. The second-order valence-electron chi connectivity index (χ2n) is 3.69. The van der Waals surface area contributed by atoms with Crippen molar-refractivity contribution in [3.8, 4) is 0 Å². The average molecular weight is 315 g/mol. The van der Waals surface area contributed by atoms with E-state index >= 15 is 0 Å². The van der Waals surface area contributed by atoms with Crippen molar-refractivity contribution in [1.29, 1.82) is 0 Å². The Morgan fingerprint density at radius 1 is 1.58 bits per heavy atom. The standard InChI is InChI=1S/C11H11ClN4OS2/c1-6(18-11-14-5-15-19-11)10(17)16-9-4-7(12)2-3-8(9)13/h2-6H,13H2,1H3,(H,16,17). The molecule has 5 nitrogen and oxygen atoms in total. The zero-order chi connectivity index (χ0) is 13.8. The van der Waals surface area contributed by atoms with Gasteiger partial charge in [0, 0.05) is 5.02 Å². The van der Waals surface area contributed by atoms with Crippen LogP contribution in [0.5, 0.6) is 0 Å². The second kappa shape index (κ2) is 6.23. The summed E-state index contributed by atoms with van der Waals surface area (Å²) in [6.45, 7) is 1.79. The van der Waals surface area contributed by atoms with E-state index < -0.39 is 0 Å². The first-order valence-corrected chi connectivity index (χ1v) is 7.38. The maximum Gasteiger partial charge on any atom is 0.237 e. The van der Waals surface area contributed by atoms with Crippen molar-refractivity contribution in [2.24, 2.45) is 0 Å². The number of aromatic nitrogens is 2. The van der Waals surface area contributed by atoms with Crippen molar-refractivity contribution in [2.75, 3.05) is 11.1 Å². The molecule has 0 fully saturated rings. The summed E-state index contributed by atoms with van der Waals surface area (Å²) in [5, 5.41) is 2.97. The van der Waals surface area contributed by atoms with E-state index in [0.717, 1.165) is 4.34 Å². The zero-order valence-electron chi connectivity index (χ0n) is 9.96. The molecule has 1 amide bonds. The molecule has 1 atom stereocenters. The van der Waals surface area contributed by atoms with Crippen LogP contribution in [0.2, 0.25) is 5.02 Å². The lowest BCUT2D eigenvalue weighted by Gasteiger charge is -2.12. The summed E-state index contributed by atoms with van der Waals surface area (Å²) >= 11 is 8.47. The Labute approximate surface area is 123 Å². The number of benzene rings is 1. The summed E-state index contributed by atoms with van der Waals surface area (Å²) in [5.74, 6) is -0.158. The van der Waals surface area contributed by atoms with Crippen LogP contribution >= 0.6 is 34.9 Å². The third kappa shape index (κ3) is 3.82. The summed E-state index contributed by atoms with van der Waals surface area (Å²) in [6, 6.07) is 4.95. The monoisotopic (exact) mass is 314 g/mol. The van der Waals surface area contributed by atoms with Gasteiger partial charge in [-0.3, -0.25) is 4.79 Å². The van der Waals surface area contributed by atoms with Gasteiger partial charge in [-0.25, -0.2) is 4.98 Å². The summed E-state index contributed by atoms with van der Waals surface area (Å²) in [5.41, 5.74) is 6.77. The third-order valence-electron chi connectivity index (χ3n) is 2.26. The summed E-state index contributed by atoms with van der Waals surface area (Å²) < 4.78 is 4.64. The van der Waals surface area contributed by atoms with E-state index in [9.17, 15) is 4.79 Å². The fourth-order valence-corrected chi connectivity index (χ4v) is 3.05. The van der Waals surface area contributed by atoms with Crippen molar-refractivity contribution in [3.05, 3.63) is 29.5 Å². The first-order chi connectivity index (χ1) is 9.06. The highest BCUT2D eigenvalue weighted by molar-refractivity contribution is 8.02. The van der Waals surface area contributed by atoms with Crippen LogP contribution in [-0.2, 0) is 4.79 Å². The van der Waals surface area contributed by atoms with E-state index in [2.05, 4.69) is 14.7 Å². The van der Waals surface area contributed by atoms with Crippen LogP contribution in [-0.4, -0.2) is 20.5 Å². The Kier molecular flexibility index (Phi) is 4.62. The molecule has 2 rings (SSSR count). The molecule has 0 bridgehead atoms. The molecule has 1 unspecified atom stereocenters. The predicted molar refractivity (Wildman–Crippen MR) is 79.7 cm³/mol. The summed E-state index contributed by atoms with van der Waals surface area (Å²) in [4.78, 5) is 16.0. The minimum absolute atomic E-state index is 0.158.